The quantitative estimate of drug-likeness (QED) is 0.697. The molecule has 0 aliphatic heterocycles. The van der Waals surface area contributed by atoms with Crippen molar-refractivity contribution in [1.82, 2.24) is 0 Å². The number of hydrogen-bond acceptors (Lipinski definition) is 5. The van der Waals surface area contributed by atoms with E-state index in [1.807, 2.05) is 6.92 Å². The molecular weight excluding hydrogens is 367 g/mol. The first-order valence-corrected chi connectivity index (χ1v) is 8.92. The Morgan fingerprint density at radius 3 is 2.68 bits per heavy atom. The average Bonchev–Trinajstić information content (AvgIpc) is 2.99. The van der Waals surface area contributed by atoms with Crippen LogP contribution in [-0.2, 0) is 16.0 Å². The molecule has 0 saturated carbocycles. The molecule has 0 saturated heterocycles. The van der Waals surface area contributed by atoms with Gasteiger partial charge in [-0.25, -0.2) is 9.18 Å². The van der Waals surface area contributed by atoms with Crippen LogP contribution in [0.2, 0.25) is 5.02 Å². The number of carbonyl (C=O) groups is 2. The molecule has 134 valence electrons. The summed E-state index contributed by atoms with van der Waals surface area (Å²) in [6.45, 7) is 3.90. The van der Waals surface area contributed by atoms with Gasteiger partial charge in [-0.3, -0.25) is 4.79 Å². The van der Waals surface area contributed by atoms with Crippen LogP contribution in [0, 0.1) is 5.82 Å². The first kappa shape index (κ1) is 19.2. The summed E-state index contributed by atoms with van der Waals surface area (Å²) in [6, 6.07) is 5.83. The highest BCUT2D eigenvalue weighted by atomic mass is 35.5. The van der Waals surface area contributed by atoms with E-state index in [4.69, 9.17) is 16.3 Å². The van der Waals surface area contributed by atoms with Gasteiger partial charge in [0.25, 0.3) is 0 Å². The maximum Gasteiger partial charge on any atom is 0.341 e. The lowest BCUT2D eigenvalue weighted by Crippen LogP contribution is -2.22. The van der Waals surface area contributed by atoms with Gasteiger partial charge >= 0.3 is 5.97 Å². The second kappa shape index (κ2) is 8.82. The van der Waals surface area contributed by atoms with Crippen LogP contribution in [-0.4, -0.2) is 25.0 Å². The van der Waals surface area contributed by atoms with Crippen molar-refractivity contribution in [3.05, 3.63) is 45.5 Å². The van der Waals surface area contributed by atoms with Crippen LogP contribution in [0.25, 0.3) is 0 Å². The van der Waals surface area contributed by atoms with Gasteiger partial charge in [0.15, 0.2) is 0 Å². The summed E-state index contributed by atoms with van der Waals surface area (Å²) in [7, 11) is 0. The van der Waals surface area contributed by atoms with Gasteiger partial charge in [0.1, 0.15) is 10.8 Å². The number of anilines is 2. The van der Waals surface area contributed by atoms with Crippen LogP contribution in [0.5, 0.6) is 0 Å². The monoisotopic (exact) mass is 384 g/mol. The summed E-state index contributed by atoms with van der Waals surface area (Å²) in [5.41, 5.74) is 0.870. The molecule has 0 bridgehead atoms. The minimum Gasteiger partial charge on any atom is -0.462 e. The molecule has 1 heterocycles. The fourth-order valence-electron chi connectivity index (χ4n) is 2.03. The highest BCUT2D eigenvalue weighted by Crippen LogP contribution is 2.29. The number of thiophene rings is 1. The van der Waals surface area contributed by atoms with Crippen molar-refractivity contribution < 1.29 is 18.7 Å². The molecule has 0 aliphatic carbocycles. The minimum absolute atomic E-state index is 0.0270. The van der Waals surface area contributed by atoms with E-state index in [9.17, 15) is 14.0 Å². The van der Waals surface area contributed by atoms with Crippen LogP contribution < -0.4 is 10.6 Å². The zero-order valence-corrected chi connectivity index (χ0v) is 15.4. The molecule has 1 amide bonds. The van der Waals surface area contributed by atoms with Crippen molar-refractivity contribution in [1.29, 1.82) is 0 Å². The number of benzene rings is 1. The lowest BCUT2D eigenvalue weighted by Gasteiger charge is -2.08. The zero-order chi connectivity index (χ0) is 18.4. The van der Waals surface area contributed by atoms with Crippen molar-refractivity contribution >= 4 is 45.5 Å². The standard InChI is InChI=1S/C17H18ClFN2O3S/c1-3-11-8-12(17(23)24-4-2)16(25-11)21-15(22)9-20-10-5-6-14(19)13(18)7-10/h5-8,20H,3-4,9H2,1-2H3,(H,21,22). The zero-order valence-electron chi connectivity index (χ0n) is 13.8. The minimum atomic E-state index is -0.526. The Morgan fingerprint density at radius 2 is 2.04 bits per heavy atom. The van der Waals surface area contributed by atoms with E-state index in [0.29, 0.717) is 16.3 Å². The number of amides is 1. The molecule has 0 fully saturated rings. The first-order chi connectivity index (χ1) is 11.9. The van der Waals surface area contributed by atoms with Crippen LogP contribution >= 0.6 is 22.9 Å². The summed E-state index contributed by atoms with van der Waals surface area (Å²) in [5, 5.41) is 5.99. The summed E-state index contributed by atoms with van der Waals surface area (Å²) < 4.78 is 18.1. The molecule has 5 nitrogen and oxygen atoms in total. The molecule has 25 heavy (non-hydrogen) atoms. The molecule has 0 radical (unpaired) electrons. The molecule has 0 aliphatic rings. The highest BCUT2D eigenvalue weighted by molar-refractivity contribution is 7.16. The van der Waals surface area contributed by atoms with E-state index in [1.165, 1.54) is 29.5 Å². The Labute approximate surface area is 154 Å². The Morgan fingerprint density at radius 1 is 1.28 bits per heavy atom. The number of hydrogen-bond donors (Lipinski definition) is 2. The SMILES string of the molecule is CCOC(=O)c1cc(CC)sc1NC(=O)CNc1ccc(F)c(Cl)c1. The van der Waals surface area contributed by atoms with Crippen LogP contribution in [0.4, 0.5) is 15.1 Å². The van der Waals surface area contributed by atoms with Gasteiger partial charge in [0.2, 0.25) is 5.91 Å². The molecule has 1 aromatic carbocycles. The number of carbonyl (C=O) groups excluding carboxylic acids is 2. The third kappa shape index (κ3) is 5.17. The largest absolute Gasteiger partial charge is 0.462 e. The topological polar surface area (TPSA) is 67.4 Å². The lowest BCUT2D eigenvalue weighted by atomic mass is 10.2. The second-order valence-electron chi connectivity index (χ2n) is 5.06. The van der Waals surface area contributed by atoms with E-state index >= 15 is 0 Å². The summed E-state index contributed by atoms with van der Waals surface area (Å²) >= 11 is 7.03. The van der Waals surface area contributed by atoms with Crippen LogP contribution in [0.15, 0.2) is 24.3 Å². The Balaban J connectivity index is 2.03. The Hall–Kier alpha value is -2.12. The number of rotatable bonds is 7. The molecule has 1 aromatic heterocycles. The van der Waals surface area contributed by atoms with Crippen molar-refractivity contribution in [3.63, 3.8) is 0 Å². The van der Waals surface area contributed by atoms with Gasteiger partial charge < -0.3 is 15.4 Å². The fourth-order valence-corrected chi connectivity index (χ4v) is 3.21. The predicted molar refractivity (Wildman–Crippen MR) is 98.2 cm³/mol. The number of aryl methyl sites for hydroxylation is 1. The molecule has 2 aromatic rings. The molecule has 8 heteroatoms. The molecule has 2 rings (SSSR count). The van der Waals surface area contributed by atoms with Crippen molar-refractivity contribution in [2.75, 3.05) is 23.8 Å². The maximum absolute atomic E-state index is 13.1. The van der Waals surface area contributed by atoms with Crippen molar-refractivity contribution in [3.8, 4) is 0 Å². The smallest absolute Gasteiger partial charge is 0.341 e. The third-order valence-electron chi connectivity index (χ3n) is 3.25. The van der Waals surface area contributed by atoms with E-state index in [1.54, 1.807) is 13.0 Å². The molecule has 0 atom stereocenters. The first-order valence-electron chi connectivity index (χ1n) is 7.73. The fraction of sp³-hybridized carbons (Fsp3) is 0.294. The van der Waals surface area contributed by atoms with Crippen molar-refractivity contribution in [2.45, 2.75) is 20.3 Å². The number of ether oxygens (including phenoxy) is 1. The van der Waals surface area contributed by atoms with Gasteiger partial charge in [-0.2, -0.15) is 0 Å². The lowest BCUT2D eigenvalue weighted by molar-refractivity contribution is -0.114. The summed E-state index contributed by atoms with van der Waals surface area (Å²) in [5.74, 6) is -1.33. The second-order valence-corrected chi connectivity index (χ2v) is 6.60. The van der Waals surface area contributed by atoms with Gasteiger partial charge in [-0.05, 0) is 37.6 Å². The Kier molecular flexibility index (Phi) is 6.78. The van der Waals surface area contributed by atoms with Crippen LogP contribution in [0.1, 0.15) is 29.1 Å². The van der Waals surface area contributed by atoms with E-state index in [0.717, 1.165) is 11.3 Å². The van der Waals surface area contributed by atoms with E-state index in [2.05, 4.69) is 10.6 Å². The number of esters is 1. The third-order valence-corrected chi connectivity index (χ3v) is 4.74. The normalized spacial score (nSPS) is 10.4. The summed E-state index contributed by atoms with van der Waals surface area (Å²) in [6.07, 6.45) is 0.749. The molecule has 0 spiro atoms. The molecular formula is C17H18ClFN2O3S. The van der Waals surface area contributed by atoms with Gasteiger partial charge in [-0.1, -0.05) is 18.5 Å². The molecule has 2 N–H and O–H groups in total. The van der Waals surface area contributed by atoms with E-state index in [-0.39, 0.29) is 24.1 Å². The van der Waals surface area contributed by atoms with Gasteiger partial charge in [-0.15, -0.1) is 11.3 Å². The van der Waals surface area contributed by atoms with Crippen LogP contribution in [0.3, 0.4) is 0 Å². The predicted octanol–water partition coefficient (Wildman–Crippen LogP) is 4.33. The highest BCUT2D eigenvalue weighted by Gasteiger charge is 2.18. The number of nitrogens with one attached hydrogen (secondary N) is 2. The molecule has 0 unspecified atom stereocenters. The van der Waals surface area contributed by atoms with E-state index < -0.39 is 11.8 Å². The summed E-state index contributed by atoms with van der Waals surface area (Å²) in [4.78, 5) is 25.1. The van der Waals surface area contributed by atoms with Crippen molar-refractivity contribution in [2.24, 2.45) is 0 Å². The average molecular weight is 385 g/mol. The number of halogens is 2. The Bertz CT molecular complexity index is 779. The van der Waals surface area contributed by atoms with Gasteiger partial charge in [0.05, 0.1) is 23.7 Å². The maximum atomic E-state index is 13.1. The van der Waals surface area contributed by atoms with Gasteiger partial charge in [0, 0.05) is 10.6 Å².